The number of nitrogens with zero attached hydrogens (tertiary/aromatic N) is 2. The van der Waals surface area contributed by atoms with Crippen LogP contribution in [0.5, 0.6) is 0 Å². The number of carbonyl (C=O) groups is 2. The van der Waals surface area contributed by atoms with Crippen molar-refractivity contribution in [2.75, 3.05) is 18.5 Å². The van der Waals surface area contributed by atoms with Gasteiger partial charge < -0.3 is 15.7 Å². The van der Waals surface area contributed by atoms with Crippen LogP contribution in [0.25, 0.3) is 22.0 Å². The minimum atomic E-state index is -2.25. The number of alkyl halides is 3. The molecule has 7 nitrogen and oxygen atoms in total. The van der Waals surface area contributed by atoms with Gasteiger partial charge in [0, 0.05) is 59.2 Å². The van der Waals surface area contributed by atoms with E-state index in [2.05, 4.69) is 15.6 Å². The second-order valence-corrected chi connectivity index (χ2v) is 10.2. The first-order valence-electron chi connectivity index (χ1n) is 13.2. The zero-order valence-corrected chi connectivity index (χ0v) is 23.6. The van der Waals surface area contributed by atoms with Crippen molar-refractivity contribution in [3.8, 4) is 17.2 Å². The molecule has 0 spiro atoms. The van der Waals surface area contributed by atoms with E-state index in [1.165, 1.54) is 6.07 Å². The number of fused-ring (bicyclic) bond motifs is 1. The maximum Gasteiger partial charge on any atom is 0.326 e. The molecule has 4 aromatic rings. The van der Waals surface area contributed by atoms with Gasteiger partial charge in [-0.3, -0.25) is 9.78 Å². The van der Waals surface area contributed by atoms with Crippen LogP contribution in [0.1, 0.15) is 34.3 Å². The van der Waals surface area contributed by atoms with Crippen LogP contribution in [0.15, 0.2) is 60.8 Å². The number of nitrogens with one attached hydrogen (secondary N) is 2. The average molecular weight is 631 g/mol. The zero-order valence-electron chi connectivity index (χ0n) is 22.8. The van der Waals surface area contributed by atoms with Crippen LogP contribution in [-0.4, -0.2) is 47.2 Å². The number of nitriles is 1. The Balaban J connectivity index is 0.000000802. The molecule has 3 N–H and O–H groups in total. The van der Waals surface area contributed by atoms with Crippen molar-refractivity contribution < 1.29 is 36.6 Å². The first-order valence-corrected chi connectivity index (χ1v) is 13.6. The van der Waals surface area contributed by atoms with Crippen LogP contribution in [0.3, 0.4) is 0 Å². The van der Waals surface area contributed by atoms with Gasteiger partial charge >= 0.3 is 5.97 Å². The molecule has 1 saturated carbocycles. The average Bonchev–Trinajstić information content (AvgIpc) is 3.69. The second-order valence-electron chi connectivity index (χ2n) is 9.83. The van der Waals surface area contributed by atoms with E-state index in [9.17, 15) is 36.6 Å². The Morgan fingerprint density at radius 3 is 2.30 bits per heavy atom. The zero-order chi connectivity index (χ0) is 32.0. The highest BCUT2D eigenvalue weighted by atomic mass is 35.5. The van der Waals surface area contributed by atoms with E-state index in [4.69, 9.17) is 16.9 Å². The molecule has 1 aliphatic rings. The highest BCUT2D eigenvalue weighted by Crippen LogP contribution is 2.40. The third kappa shape index (κ3) is 7.79. The van der Waals surface area contributed by atoms with Crippen LogP contribution in [0.2, 0.25) is 5.02 Å². The van der Waals surface area contributed by atoms with Crippen molar-refractivity contribution in [2.45, 2.75) is 31.2 Å². The first-order chi connectivity index (χ1) is 20.9. The van der Waals surface area contributed by atoms with Gasteiger partial charge in [-0.25, -0.2) is 26.7 Å². The molecule has 1 amide bonds. The third-order valence-corrected chi connectivity index (χ3v) is 6.91. The highest BCUT2D eigenvalue weighted by Gasteiger charge is 2.43. The lowest BCUT2D eigenvalue weighted by atomic mass is 9.94. The van der Waals surface area contributed by atoms with Crippen molar-refractivity contribution in [1.29, 1.82) is 5.26 Å². The number of hydrogen-bond donors (Lipinski definition) is 3. The molecule has 3 aromatic carbocycles. The fourth-order valence-electron chi connectivity index (χ4n) is 4.26. The van der Waals surface area contributed by atoms with E-state index in [0.29, 0.717) is 38.2 Å². The van der Waals surface area contributed by atoms with Gasteiger partial charge in [-0.1, -0.05) is 35.9 Å². The Kier molecular flexibility index (Phi) is 10.0. The molecule has 0 aliphatic heterocycles. The standard InChI is InChI=1S/C28H20ClF3N4O3.C3H4F2/c29-21-10-15(14-33)3-5-19(21)20-6-4-16(18-2-1-8-35-26(18)20)11-24(28(38)39)36-27(37)25-22(31)12-17(13-23(25)32)34-9-7-30;4-3(5)1-2-3/h1-6,8,10,12-13,24,34H,7,9,11H2,(H,36,37)(H,38,39);1-2H2/t24-;/m0./s1. The number of aromatic nitrogens is 1. The Bertz CT molecular complexity index is 1730. The number of carboxylic acid groups (broad SMARTS) is 1. The third-order valence-electron chi connectivity index (χ3n) is 6.60. The molecule has 1 heterocycles. The molecule has 13 heteroatoms. The molecule has 0 unspecified atom stereocenters. The summed E-state index contributed by atoms with van der Waals surface area (Å²) in [6.07, 6.45) is 1.57. The number of carboxylic acids is 1. The summed E-state index contributed by atoms with van der Waals surface area (Å²) < 4.78 is 63.7. The van der Waals surface area contributed by atoms with E-state index in [-0.39, 0.29) is 31.5 Å². The number of rotatable bonds is 9. The van der Waals surface area contributed by atoms with Gasteiger partial charge in [-0.05, 0) is 35.9 Å². The SMILES string of the molecule is FC1(F)CC1.N#Cc1ccc(-c2ccc(C[C@H](NC(=O)c3c(F)cc(NCCF)cc3F)C(=O)O)c3cccnc23)c(Cl)c1. The quantitative estimate of drug-likeness (QED) is 0.173. The molecular formula is C31H24ClF5N4O3. The van der Waals surface area contributed by atoms with E-state index in [1.807, 2.05) is 6.07 Å². The normalized spacial score (nSPS) is 13.7. The molecule has 5 rings (SSSR count). The molecule has 1 atom stereocenters. The first kappa shape index (κ1) is 32.2. The Labute approximate surface area is 253 Å². The van der Waals surface area contributed by atoms with Crippen LogP contribution >= 0.6 is 11.6 Å². The summed E-state index contributed by atoms with van der Waals surface area (Å²) in [7, 11) is 0. The summed E-state index contributed by atoms with van der Waals surface area (Å²) >= 11 is 6.40. The number of aliphatic carboxylic acids is 1. The Morgan fingerprint density at radius 2 is 1.73 bits per heavy atom. The van der Waals surface area contributed by atoms with Gasteiger partial charge in [0.2, 0.25) is 5.92 Å². The lowest BCUT2D eigenvalue weighted by Gasteiger charge is -2.18. The summed E-state index contributed by atoms with van der Waals surface area (Å²) in [5, 5.41) is 24.5. The number of carbonyl (C=O) groups excluding carboxylic acids is 1. The van der Waals surface area contributed by atoms with E-state index in [1.54, 1.807) is 42.6 Å². The van der Waals surface area contributed by atoms with Gasteiger partial charge in [-0.15, -0.1) is 0 Å². The van der Waals surface area contributed by atoms with E-state index >= 15 is 0 Å². The fraction of sp³-hybridized carbons (Fsp3) is 0.226. The molecule has 0 saturated heterocycles. The molecule has 1 aliphatic carbocycles. The number of halogens is 6. The van der Waals surface area contributed by atoms with Gasteiger partial charge in [0.1, 0.15) is 29.9 Å². The number of amides is 1. The van der Waals surface area contributed by atoms with E-state index in [0.717, 1.165) is 12.1 Å². The van der Waals surface area contributed by atoms with Crippen molar-refractivity contribution >= 4 is 40.1 Å². The number of benzene rings is 3. The minimum absolute atomic E-state index is 0.0598. The van der Waals surface area contributed by atoms with Gasteiger partial charge in [0.05, 0.1) is 17.1 Å². The number of anilines is 1. The molecule has 1 aromatic heterocycles. The molecular weight excluding hydrogens is 607 g/mol. The highest BCUT2D eigenvalue weighted by molar-refractivity contribution is 6.33. The summed E-state index contributed by atoms with van der Waals surface area (Å²) in [4.78, 5) is 29.2. The van der Waals surface area contributed by atoms with Crippen LogP contribution in [-0.2, 0) is 11.2 Å². The van der Waals surface area contributed by atoms with Crippen LogP contribution in [0, 0.1) is 23.0 Å². The van der Waals surface area contributed by atoms with Crippen molar-refractivity contribution in [3.05, 3.63) is 94.1 Å². The molecule has 44 heavy (non-hydrogen) atoms. The summed E-state index contributed by atoms with van der Waals surface area (Å²) in [6, 6.07) is 13.7. The largest absolute Gasteiger partial charge is 0.480 e. The van der Waals surface area contributed by atoms with Crippen molar-refractivity contribution in [1.82, 2.24) is 10.3 Å². The number of pyridine rings is 1. The lowest BCUT2D eigenvalue weighted by molar-refractivity contribution is -0.139. The van der Waals surface area contributed by atoms with Crippen molar-refractivity contribution in [3.63, 3.8) is 0 Å². The second kappa shape index (κ2) is 13.7. The Hall–Kier alpha value is -4.76. The molecule has 1 fully saturated rings. The summed E-state index contributed by atoms with van der Waals surface area (Å²) in [6.45, 7) is -0.943. The van der Waals surface area contributed by atoms with Crippen molar-refractivity contribution in [2.24, 2.45) is 0 Å². The molecule has 228 valence electrons. The van der Waals surface area contributed by atoms with Crippen LogP contribution < -0.4 is 10.6 Å². The Morgan fingerprint density at radius 1 is 1.07 bits per heavy atom. The minimum Gasteiger partial charge on any atom is -0.480 e. The monoisotopic (exact) mass is 630 g/mol. The molecule has 0 bridgehead atoms. The predicted molar refractivity (Wildman–Crippen MR) is 155 cm³/mol. The summed E-state index contributed by atoms with van der Waals surface area (Å²) in [5.74, 6) is -7.37. The predicted octanol–water partition coefficient (Wildman–Crippen LogP) is 6.93. The topological polar surface area (TPSA) is 115 Å². The fourth-order valence-corrected chi connectivity index (χ4v) is 4.54. The maximum atomic E-state index is 14.5. The van der Waals surface area contributed by atoms with E-state index < -0.39 is 47.7 Å². The lowest BCUT2D eigenvalue weighted by Crippen LogP contribution is -2.43. The van der Waals surface area contributed by atoms with Gasteiger partial charge in [0.15, 0.2) is 0 Å². The van der Waals surface area contributed by atoms with Gasteiger partial charge in [-0.2, -0.15) is 5.26 Å². The molecule has 0 radical (unpaired) electrons. The van der Waals surface area contributed by atoms with Gasteiger partial charge in [0.25, 0.3) is 5.91 Å². The summed E-state index contributed by atoms with van der Waals surface area (Å²) in [5.41, 5.74) is 1.64. The smallest absolute Gasteiger partial charge is 0.326 e. The maximum absolute atomic E-state index is 14.5. The number of hydrogen-bond acceptors (Lipinski definition) is 5. The van der Waals surface area contributed by atoms with Crippen LogP contribution in [0.4, 0.5) is 27.6 Å².